The molecule has 1 heteroatoms. The van der Waals surface area contributed by atoms with Crippen molar-refractivity contribution in [3.8, 4) is 0 Å². The van der Waals surface area contributed by atoms with Gasteiger partial charge in [0.2, 0.25) is 0 Å². The molecule has 0 aromatic carbocycles. The molecule has 0 saturated carbocycles. The molecule has 0 bridgehead atoms. The molecule has 0 aliphatic heterocycles. The second-order valence-corrected chi connectivity index (χ2v) is 3.41. The van der Waals surface area contributed by atoms with Crippen LogP contribution in [0.15, 0.2) is 22.3 Å². The summed E-state index contributed by atoms with van der Waals surface area (Å²) < 4.78 is 1.10. The molecule has 0 unspecified atom stereocenters. The topological polar surface area (TPSA) is 0 Å². The van der Waals surface area contributed by atoms with E-state index in [-0.39, 0.29) is 0 Å². The highest BCUT2D eigenvalue weighted by molar-refractivity contribution is 14.1. The fourth-order valence-corrected chi connectivity index (χ4v) is 0.795. The Bertz CT molecular complexity index is 114. The van der Waals surface area contributed by atoms with Crippen molar-refractivity contribution in [2.24, 2.45) is 0 Å². The molecule has 0 rings (SSSR count). The molecule has 0 N–H and O–H groups in total. The van der Waals surface area contributed by atoms with Crippen LogP contribution < -0.4 is 0 Å². The van der Waals surface area contributed by atoms with Crippen LogP contribution >= 0.6 is 22.6 Å². The van der Waals surface area contributed by atoms with E-state index in [1.807, 2.05) is 0 Å². The molecule has 0 aliphatic rings. The number of halogens is 1. The van der Waals surface area contributed by atoms with Crippen molar-refractivity contribution in [3.63, 3.8) is 0 Å². The quantitative estimate of drug-likeness (QED) is 0.516. The predicted molar refractivity (Wildman–Crippen MR) is 51.8 cm³/mol. The van der Waals surface area contributed by atoms with Gasteiger partial charge in [0.15, 0.2) is 0 Å². The van der Waals surface area contributed by atoms with Crippen LogP contribution in [0.1, 0.15) is 26.2 Å². The summed E-state index contributed by atoms with van der Waals surface area (Å²) in [5.41, 5.74) is 1.19. The van der Waals surface area contributed by atoms with Gasteiger partial charge < -0.3 is 0 Å². The summed E-state index contributed by atoms with van der Waals surface area (Å²) in [6, 6.07) is 0. The zero-order valence-corrected chi connectivity index (χ0v) is 8.07. The second-order valence-electron chi connectivity index (χ2n) is 2.11. The minimum Gasteiger partial charge on any atom is -0.0948 e. The molecule has 0 aromatic rings. The van der Waals surface area contributed by atoms with E-state index in [2.05, 4.69) is 42.7 Å². The van der Waals surface area contributed by atoms with Crippen molar-refractivity contribution in [1.82, 2.24) is 0 Å². The first kappa shape index (κ1) is 9.21. The fraction of sp³-hybridized carbons (Fsp3) is 0.500. The Hall–Kier alpha value is 0.210. The standard InChI is InChI=1S/C8H13I/c1-4-5-6-7(2)8(3)9/h2-6H2,1H3. The molecular formula is C8H13I. The molecule has 0 saturated heterocycles. The number of unbranched alkanes of at least 4 members (excludes halogenated alkanes) is 1. The van der Waals surface area contributed by atoms with Crippen LogP contribution in [-0.2, 0) is 0 Å². The Labute approximate surface area is 71.2 Å². The Morgan fingerprint density at radius 1 is 1.44 bits per heavy atom. The Morgan fingerprint density at radius 2 is 2.00 bits per heavy atom. The molecule has 0 amide bonds. The van der Waals surface area contributed by atoms with Gasteiger partial charge >= 0.3 is 0 Å². The minimum absolute atomic E-state index is 1.10. The van der Waals surface area contributed by atoms with Crippen LogP contribution in [0, 0.1) is 0 Å². The number of hydrogen-bond donors (Lipinski definition) is 0. The van der Waals surface area contributed by atoms with Crippen molar-refractivity contribution in [3.05, 3.63) is 22.3 Å². The fourth-order valence-electron chi connectivity index (χ4n) is 0.526. The van der Waals surface area contributed by atoms with Crippen LogP contribution in [0.4, 0.5) is 0 Å². The normalized spacial score (nSPS) is 9.11. The first-order chi connectivity index (χ1) is 4.18. The molecule has 0 spiro atoms. The Balaban J connectivity index is 3.39. The number of hydrogen-bond acceptors (Lipinski definition) is 0. The highest BCUT2D eigenvalue weighted by atomic mass is 127. The lowest BCUT2D eigenvalue weighted by molar-refractivity contribution is 0.799. The van der Waals surface area contributed by atoms with Crippen molar-refractivity contribution in [2.75, 3.05) is 0 Å². The predicted octanol–water partition coefficient (Wildman–Crippen LogP) is 3.68. The van der Waals surface area contributed by atoms with Crippen molar-refractivity contribution in [1.29, 1.82) is 0 Å². The lowest BCUT2D eigenvalue weighted by Gasteiger charge is -1.99. The van der Waals surface area contributed by atoms with Gasteiger partial charge in [-0.3, -0.25) is 0 Å². The highest BCUT2D eigenvalue weighted by Crippen LogP contribution is 2.18. The van der Waals surface area contributed by atoms with Crippen LogP contribution in [-0.4, -0.2) is 0 Å². The summed E-state index contributed by atoms with van der Waals surface area (Å²) in [5, 5.41) is 0. The Morgan fingerprint density at radius 3 is 2.33 bits per heavy atom. The average molecular weight is 236 g/mol. The third-order valence-corrected chi connectivity index (χ3v) is 1.98. The molecular weight excluding hydrogens is 223 g/mol. The molecule has 0 radical (unpaired) electrons. The summed E-state index contributed by atoms with van der Waals surface area (Å²) in [6.07, 6.45) is 3.59. The minimum atomic E-state index is 1.10. The van der Waals surface area contributed by atoms with Gasteiger partial charge in [0.05, 0.1) is 0 Å². The molecule has 0 atom stereocenters. The number of rotatable bonds is 4. The van der Waals surface area contributed by atoms with Crippen LogP contribution in [0.25, 0.3) is 0 Å². The van der Waals surface area contributed by atoms with Gasteiger partial charge in [-0.2, -0.15) is 0 Å². The zero-order chi connectivity index (χ0) is 7.28. The second kappa shape index (κ2) is 5.03. The third kappa shape index (κ3) is 4.70. The molecule has 52 valence electrons. The van der Waals surface area contributed by atoms with E-state index in [1.165, 1.54) is 18.4 Å². The van der Waals surface area contributed by atoms with Gasteiger partial charge in [-0.25, -0.2) is 0 Å². The molecule has 0 nitrogen and oxygen atoms in total. The van der Waals surface area contributed by atoms with Gasteiger partial charge in [0.1, 0.15) is 0 Å². The van der Waals surface area contributed by atoms with Crippen LogP contribution in [0.2, 0.25) is 0 Å². The molecule has 0 aliphatic carbocycles. The molecule has 0 heterocycles. The molecule has 0 fully saturated rings. The lowest BCUT2D eigenvalue weighted by atomic mass is 10.1. The van der Waals surface area contributed by atoms with Crippen molar-refractivity contribution in [2.45, 2.75) is 26.2 Å². The maximum absolute atomic E-state index is 3.88. The van der Waals surface area contributed by atoms with Gasteiger partial charge in [0.25, 0.3) is 0 Å². The van der Waals surface area contributed by atoms with Gasteiger partial charge in [-0.15, -0.1) is 0 Å². The van der Waals surface area contributed by atoms with E-state index in [4.69, 9.17) is 0 Å². The molecule has 0 aromatic heterocycles. The summed E-state index contributed by atoms with van der Waals surface area (Å²) in [6.45, 7) is 9.86. The monoisotopic (exact) mass is 236 g/mol. The zero-order valence-electron chi connectivity index (χ0n) is 5.91. The first-order valence-electron chi connectivity index (χ1n) is 3.21. The average Bonchev–Trinajstić information content (AvgIpc) is 1.82. The van der Waals surface area contributed by atoms with E-state index < -0.39 is 0 Å². The van der Waals surface area contributed by atoms with Gasteiger partial charge in [-0.1, -0.05) is 26.5 Å². The van der Waals surface area contributed by atoms with Crippen LogP contribution in [0.5, 0.6) is 0 Å². The summed E-state index contributed by atoms with van der Waals surface area (Å²) in [5.74, 6) is 0. The largest absolute Gasteiger partial charge is 0.0948 e. The summed E-state index contributed by atoms with van der Waals surface area (Å²) >= 11 is 2.21. The van der Waals surface area contributed by atoms with Crippen molar-refractivity contribution < 1.29 is 0 Å². The Kier molecular flexibility index (Phi) is 5.15. The lowest BCUT2D eigenvalue weighted by Crippen LogP contribution is -1.78. The van der Waals surface area contributed by atoms with E-state index in [0.29, 0.717) is 0 Å². The SMILES string of the molecule is C=C(I)C(=C)CCCC. The maximum atomic E-state index is 3.88. The smallest absolute Gasteiger partial charge is 0.00841 e. The summed E-state index contributed by atoms with van der Waals surface area (Å²) in [4.78, 5) is 0. The van der Waals surface area contributed by atoms with E-state index in [0.717, 1.165) is 10.0 Å². The first-order valence-corrected chi connectivity index (χ1v) is 4.29. The number of allylic oxidation sites excluding steroid dienone is 2. The highest BCUT2D eigenvalue weighted by Gasteiger charge is 1.93. The van der Waals surface area contributed by atoms with E-state index >= 15 is 0 Å². The van der Waals surface area contributed by atoms with Gasteiger partial charge in [0, 0.05) is 3.58 Å². The van der Waals surface area contributed by atoms with E-state index in [1.54, 1.807) is 0 Å². The van der Waals surface area contributed by atoms with Crippen molar-refractivity contribution >= 4 is 22.6 Å². The third-order valence-electron chi connectivity index (χ3n) is 1.22. The molecule has 9 heavy (non-hydrogen) atoms. The van der Waals surface area contributed by atoms with E-state index in [9.17, 15) is 0 Å². The summed E-state index contributed by atoms with van der Waals surface area (Å²) in [7, 11) is 0. The van der Waals surface area contributed by atoms with Crippen LogP contribution in [0.3, 0.4) is 0 Å². The maximum Gasteiger partial charge on any atom is 0.00841 e. The van der Waals surface area contributed by atoms with Gasteiger partial charge in [-0.05, 0) is 41.0 Å².